The second-order valence-electron chi connectivity index (χ2n) is 5.68. The highest BCUT2D eigenvalue weighted by atomic mass is 16.5. The quantitative estimate of drug-likeness (QED) is 0.599. The van der Waals surface area contributed by atoms with Crippen LogP contribution < -0.4 is 11.1 Å². The van der Waals surface area contributed by atoms with Crippen molar-refractivity contribution in [3.8, 4) is 0 Å². The molecule has 116 valence electrons. The molecule has 2 rings (SSSR count). The monoisotopic (exact) mass is 290 g/mol. The number of hydrogen-bond acceptors (Lipinski definition) is 3. The van der Waals surface area contributed by atoms with Gasteiger partial charge in [-0.2, -0.15) is 0 Å². The average Bonchev–Trinajstić information content (AvgIpc) is 2.76. The molecule has 0 aromatic heterocycles. The highest BCUT2D eigenvalue weighted by Crippen LogP contribution is 2.19. The van der Waals surface area contributed by atoms with Crippen LogP contribution in [-0.4, -0.2) is 25.2 Å². The molecule has 1 aromatic rings. The van der Waals surface area contributed by atoms with Crippen LogP contribution in [0, 0.1) is 0 Å². The first-order chi connectivity index (χ1) is 10.3. The number of primary amides is 1. The number of carbonyl (C=O) groups is 1. The molecular weight excluding hydrogens is 264 g/mol. The summed E-state index contributed by atoms with van der Waals surface area (Å²) in [6.45, 7) is 1.26. The van der Waals surface area contributed by atoms with Gasteiger partial charge in [0.2, 0.25) is 5.91 Å². The van der Waals surface area contributed by atoms with Crippen LogP contribution >= 0.6 is 0 Å². The third-order valence-corrected chi connectivity index (χ3v) is 4.02. The van der Waals surface area contributed by atoms with E-state index in [9.17, 15) is 4.79 Å². The van der Waals surface area contributed by atoms with Crippen molar-refractivity contribution < 1.29 is 9.53 Å². The molecule has 0 radical (unpaired) electrons. The lowest BCUT2D eigenvalue weighted by Crippen LogP contribution is -2.36. The fraction of sp³-hybridized carbons (Fsp3) is 0.588. The lowest BCUT2D eigenvalue weighted by atomic mass is 10.1. The highest BCUT2D eigenvalue weighted by Gasteiger charge is 2.17. The van der Waals surface area contributed by atoms with Crippen LogP contribution in [0.15, 0.2) is 30.3 Å². The van der Waals surface area contributed by atoms with E-state index in [1.807, 2.05) is 30.3 Å². The molecule has 3 N–H and O–H groups in total. The van der Waals surface area contributed by atoms with E-state index < -0.39 is 6.04 Å². The molecule has 1 fully saturated rings. The Balaban J connectivity index is 1.74. The summed E-state index contributed by atoms with van der Waals surface area (Å²) in [6.07, 6.45) is 7.91. The van der Waals surface area contributed by atoms with Crippen molar-refractivity contribution in [2.45, 2.75) is 50.7 Å². The maximum absolute atomic E-state index is 11.6. The third kappa shape index (κ3) is 5.48. The van der Waals surface area contributed by atoms with E-state index in [0.717, 1.165) is 18.4 Å². The predicted molar refractivity (Wildman–Crippen MR) is 83.8 cm³/mol. The number of nitrogens with one attached hydrogen (secondary N) is 1. The smallest absolute Gasteiger partial charge is 0.239 e. The van der Waals surface area contributed by atoms with Gasteiger partial charge in [-0.05, 0) is 18.4 Å². The Morgan fingerprint density at radius 1 is 1.19 bits per heavy atom. The zero-order valence-corrected chi connectivity index (χ0v) is 12.6. The number of benzene rings is 1. The van der Waals surface area contributed by atoms with Gasteiger partial charge in [-0.25, -0.2) is 0 Å². The zero-order valence-electron chi connectivity index (χ0n) is 12.6. The molecule has 0 heterocycles. The van der Waals surface area contributed by atoms with Crippen LogP contribution in [0.4, 0.5) is 0 Å². The fourth-order valence-corrected chi connectivity index (χ4v) is 2.87. The minimum atomic E-state index is -0.441. The molecule has 1 atom stereocenters. The van der Waals surface area contributed by atoms with E-state index in [-0.39, 0.29) is 5.91 Å². The molecule has 1 aromatic carbocycles. The summed E-state index contributed by atoms with van der Waals surface area (Å²) in [4.78, 5) is 11.6. The van der Waals surface area contributed by atoms with E-state index in [1.54, 1.807) is 0 Å². The van der Waals surface area contributed by atoms with Crippen LogP contribution in [0.3, 0.4) is 0 Å². The fourth-order valence-electron chi connectivity index (χ4n) is 2.87. The molecule has 4 heteroatoms. The van der Waals surface area contributed by atoms with Gasteiger partial charge in [0.15, 0.2) is 0 Å². The van der Waals surface area contributed by atoms with Crippen molar-refractivity contribution >= 4 is 5.91 Å². The molecule has 1 aliphatic rings. The number of nitrogens with two attached hydrogens (primary N) is 1. The topological polar surface area (TPSA) is 64.4 Å². The largest absolute Gasteiger partial charge is 0.377 e. The number of hydrogen-bond donors (Lipinski definition) is 2. The normalized spacial score (nSPS) is 18.1. The van der Waals surface area contributed by atoms with Gasteiger partial charge in [-0.15, -0.1) is 0 Å². The first-order valence-corrected chi connectivity index (χ1v) is 7.96. The van der Waals surface area contributed by atoms with Crippen molar-refractivity contribution in [1.82, 2.24) is 5.32 Å². The summed E-state index contributed by atoms with van der Waals surface area (Å²) in [5.41, 5.74) is 6.37. The lowest BCUT2D eigenvalue weighted by Gasteiger charge is -2.18. The predicted octanol–water partition coefficient (Wildman–Crippen LogP) is 2.54. The summed E-state index contributed by atoms with van der Waals surface area (Å²) < 4.78 is 5.91. The number of ether oxygens (including phenoxy) is 1. The molecule has 1 amide bonds. The first-order valence-electron chi connectivity index (χ1n) is 7.96. The molecule has 21 heavy (non-hydrogen) atoms. The molecule has 0 spiro atoms. The molecule has 4 nitrogen and oxygen atoms in total. The Kier molecular flexibility index (Phi) is 6.70. The Bertz CT molecular complexity index is 414. The van der Waals surface area contributed by atoms with E-state index in [1.165, 1.54) is 25.7 Å². The van der Waals surface area contributed by atoms with Gasteiger partial charge in [-0.3, -0.25) is 10.1 Å². The minimum Gasteiger partial charge on any atom is -0.377 e. The van der Waals surface area contributed by atoms with Crippen molar-refractivity contribution in [2.24, 2.45) is 5.73 Å². The molecular formula is C17H26N2O2. The highest BCUT2D eigenvalue weighted by molar-refractivity contribution is 5.81. The van der Waals surface area contributed by atoms with Gasteiger partial charge in [0.1, 0.15) is 6.04 Å². The lowest BCUT2D eigenvalue weighted by molar-refractivity contribution is -0.120. The van der Waals surface area contributed by atoms with Crippen LogP contribution in [0.25, 0.3) is 0 Å². The van der Waals surface area contributed by atoms with Crippen molar-refractivity contribution in [3.05, 3.63) is 35.9 Å². The van der Waals surface area contributed by atoms with E-state index in [4.69, 9.17) is 10.5 Å². The second-order valence-corrected chi connectivity index (χ2v) is 5.68. The van der Waals surface area contributed by atoms with Gasteiger partial charge in [0.25, 0.3) is 0 Å². The minimum absolute atomic E-state index is 0.351. The average molecular weight is 290 g/mol. The van der Waals surface area contributed by atoms with Crippen molar-refractivity contribution in [2.75, 3.05) is 13.2 Å². The maximum atomic E-state index is 11.6. The molecule has 1 aliphatic carbocycles. The first kappa shape index (κ1) is 16.0. The Morgan fingerprint density at radius 2 is 1.86 bits per heavy atom. The van der Waals surface area contributed by atoms with Gasteiger partial charge in [0, 0.05) is 6.54 Å². The van der Waals surface area contributed by atoms with Crippen LogP contribution in [0.5, 0.6) is 0 Å². The number of amides is 1. The Labute approximate surface area is 127 Å². The van der Waals surface area contributed by atoms with Crippen molar-refractivity contribution in [3.63, 3.8) is 0 Å². The van der Waals surface area contributed by atoms with E-state index in [2.05, 4.69) is 5.32 Å². The second kappa shape index (κ2) is 8.80. The van der Waals surface area contributed by atoms with Crippen LogP contribution in [0.2, 0.25) is 0 Å². The summed E-state index contributed by atoms with van der Waals surface area (Å²) in [7, 11) is 0. The number of rotatable bonds is 7. The molecule has 0 saturated heterocycles. The van der Waals surface area contributed by atoms with Gasteiger partial charge in [0.05, 0.1) is 12.7 Å². The summed E-state index contributed by atoms with van der Waals surface area (Å²) >= 11 is 0. The van der Waals surface area contributed by atoms with Crippen LogP contribution in [0.1, 0.15) is 50.1 Å². The third-order valence-electron chi connectivity index (χ3n) is 4.02. The maximum Gasteiger partial charge on any atom is 0.239 e. The number of carbonyl (C=O) groups excluding carboxylic acids is 1. The van der Waals surface area contributed by atoms with E-state index in [0.29, 0.717) is 19.3 Å². The molecule has 0 bridgehead atoms. The SMILES string of the molecule is NC(=O)[C@H](NCCOC1CCCCCC1)c1ccccc1. The van der Waals surface area contributed by atoms with Gasteiger partial charge >= 0.3 is 0 Å². The van der Waals surface area contributed by atoms with Crippen LogP contribution in [-0.2, 0) is 9.53 Å². The zero-order chi connectivity index (χ0) is 14.9. The molecule has 0 unspecified atom stereocenters. The Hall–Kier alpha value is -1.39. The van der Waals surface area contributed by atoms with Gasteiger partial charge in [-0.1, -0.05) is 56.0 Å². The molecule has 0 aliphatic heterocycles. The summed E-state index contributed by atoms with van der Waals surface area (Å²) in [5, 5.41) is 3.19. The molecule has 1 saturated carbocycles. The summed E-state index contributed by atoms with van der Waals surface area (Å²) in [5.74, 6) is -0.351. The standard InChI is InChI=1S/C17H26N2O2/c18-17(20)16(14-8-4-3-5-9-14)19-12-13-21-15-10-6-1-2-7-11-15/h3-5,8-9,15-16,19H,1-2,6-7,10-13H2,(H2,18,20)/t16-/m1/s1. The van der Waals surface area contributed by atoms with E-state index >= 15 is 0 Å². The summed E-state index contributed by atoms with van der Waals surface area (Å²) in [6, 6.07) is 9.13. The van der Waals surface area contributed by atoms with Gasteiger partial charge < -0.3 is 10.5 Å². The van der Waals surface area contributed by atoms with Crippen molar-refractivity contribution in [1.29, 1.82) is 0 Å². The Morgan fingerprint density at radius 3 is 2.48 bits per heavy atom.